The number of carbonyl (C=O) groups is 1. The van der Waals surface area contributed by atoms with Crippen LogP contribution < -0.4 is 5.32 Å². The van der Waals surface area contributed by atoms with Crippen LogP contribution in [0.3, 0.4) is 0 Å². The molecule has 4 rings (SSSR count). The van der Waals surface area contributed by atoms with Crippen molar-refractivity contribution >= 4 is 22.4 Å². The topological polar surface area (TPSA) is 56.1 Å². The van der Waals surface area contributed by atoms with E-state index in [4.69, 9.17) is 4.74 Å². The number of fused-ring (bicyclic) bond motifs is 1. The molecule has 2 aliphatic rings. The van der Waals surface area contributed by atoms with Crippen molar-refractivity contribution in [2.75, 3.05) is 11.9 Å². The standard InChI is InChI=1S/C16H19N3O2S/c20-15(13-6-3-8-19(13)11-4-1-2-5-11)18-16-17-12-7-9-21-10-14(12)22-16/h3,6,8,11H,1-2,4-5,7,9-10H2,(H,17,18,20). The van der Waals surface area contributed by atoms with E-state index >= 15 is 0 Å². The Balaban J connectivity index is 1.52. The summed E-state index contributed by atoms with van der Waals surface area (Å²) in [7, 11) is 0. The number of amides is 1. The third-order valence-electron chi connectivity index (χ3n) is 4.44. The summed E-state index contributed by atoms with van der Waals surface area (Å²) in [4.78, 5) is 18.2. The summed E-state index contributed by atoms with van der Waals surface area (Å²) in [6.45, 7) is 1.33. The number of nitrogens with one attached hydrogen (secondary N) is 1. The molecular formula is C16H19N3O2S. The number of rotatable bonds is 3. The minimum atomic E-state index is -0.0658. The molecule has 0 unspecified atom stereocenters. The number of thiazole rings is 1. The number of anilines is 1. The summed E-state index contributed by atoms with van der Waals surface area (Å²) >= 11 is 1.52. The molecule has 1 saturated carbocycles. The van der Waals surface area contributed by atoms with E-state index in [-0.39, 0.29) is 5.91 Å². The van der Waals surface area contributed by atoms with Crippen molar-refractivity contribution in [3.05, 3.63) is 34.6 Å². The minimum absolute atomic E-state index is 0.0658. The van der Waals surface area contributed by atoms with Crippen LogP contribution in [0.25, 0.3) is 0 Å². The number of hydrogen-bond acceptors (Lipinski definition) is 4. The number of ether oxygens (including phenoxy) is 1. The van der Waals surface area contributed by atoms with E-state index in [1.165, 1.54) is 24.2 Å². The molecule has 0 spiro atoms. The lowest BCUT2D eigenvalue weighted by Gasteiger charge is -2.15. The van der Waals surface area contributed by atoms with Gasteiger partial charge < -0.3 is 9.30 Å². The molecule has 1 aliphatic heterocycles. The Bertz CT molecular complexity index is 662. The lowest BCUT2D eigenvalue weighted by Crippen LogP contribution is -2.18. The second-order valence-electron chi connectivity index (χ2n) is 5.88. The van der Waals surface area contributed by atoms with Crippen LogP contribution in [0.15, 0.2) is 18.3 Å². The van der Waals surface area contributed by atoms with Crippen LogP contribution in [-0.2, 0) is 17.8 Å². The fraction of sp³-hybridized carbons (Fsp3) is 0.500. The van der Waals surface area contributed by atoms with E-state index in [0.717, 1.165) is 35.5 Å². The van der Waals surface area contributed by atoms with Gasteiger partial charge in [0, 0.05) is 18.7 Å². The lowest BCUT2D eigenvalue weighted by atomic mass is 10.2. The molecule has 0 atom stereocenters. The van der Waals surface area contributed by atoms with E-state index in [2.05, 4.69) is 14.9 Å². The van der Waals surface area contributed by atoms with Gasteiger partial charge in [0.2, 0.25) is 0 Å². The molecule has 1 aliphatic carbocycles. The Kier molecular flexibility index (Phi) is 3.72. The van der Waals surface area contributed by atoms with Crippen LogP contribution in [-0.4, -0.2) is 22.1 Å². The molecule has 2 aromatic rings. The summed E-state index contributed by atoms with van der Waals surface area (Å²) in [5.41, 5.74) is 1.80. The highest BCUT2D eigenvalue weighted by atomic mass is 32.1. The van der Waals surface area contributed by atoms with E-state index in [9.17, 15) is 4.79 Å². The maximum absolute atomic E-state index is 12.6. The Morgan fingerprint density at radius 3 is 3.09 bits per heavy atom. The normalized spacial score (nSPS) is 18.4. The summed E-state index contributed by atoms with van der Waals surface area (Å²) < 4.78 is 7.55. The van der Waals surface area contributed by atoms with Gasteiger partial charge in [-0.25, -0.2) is 4.98 Å². The molecule has 6 heteroatoms. The summed E-state index contributed by atoms with van der Waals surface area (Å²) in [5.74, 6) is -0.0658. The fourth-order valence-corrected chi connectivity index (χ4v) is 4.27. The predicted octanol–water partition coefficient (Wildman–Crippen LogP) is 3.38. The van der Waals surface area contributed by atoms with Gasteiger partial charge in [-0.05, 0) is 25.0 Å². The van der Waals surface area contributed by atoms with Crippen LogP contribution in [0, 0.1) is 0 Å². The van der Waals surface area contributed by atoms with Crippen molar-refractivity contribution in [2.24, 2.45) is 0 Å². The molecule has 116 valence electrons. The first-order valence-electron chi connectivity index (χ1n) is 7.86. The first kappa shape index (κ1) is 14.0. The Morgan fingerprint density at radius 1 is 1.41 bits per heavy atom. The van der Waals surface area contributed by atoms with E-state index < -0.39 is 0 Å². The highest BCUT2D eigenvalue weighted by Crippen LogP contribution is 2.31. The van der Waals surface area contributed by atoms with Crippen LogP contribution >= 0.6 is 11.3 Å². The quantitative estimate of drug-likeness (QED) is 0.944. The van der Waals surface area contributed by atoms with Crippen molar-refractivity contribution in [1.82, 2.24) is 9.55 Å². The average Bonchev–Trinajstić information content (AvgIpc) is 3.25. The van der Waals surface area contributed by atoms with Crippen molar-refractivity contribution in [1.29, 1.82) is 0 Å². The Hall–Kier alpha value is -1.66. The van der Waals surface area contributed by atoms with Crippen LogP contribution in [0.4, 0.5) is 5.13 Å². The highest BCUT2D eigenvalue weighted by molar-refractivity contribution is 7.15. The first-order valence-corrected chi connectivity index (χ1v) is 8.67. The van der Waals surface area contributed by atoms with Crippen LogP contribution in [0.1, 0.15) is 52.8 Å². The van der Waals surface area contributed by atoms with Gasteiger partial charge in [0.1, 0.15) is 5.69 Å². The molecule has 1 fully saturated rings. The fourth-order valence-electron chi connectivity index (χ4n) is 3.33. The Morgan fingerprint density at radius 2 is 2.27 bits per heavy atom. The summed E-state index contributed by atoms with van der Waals surface area (Å²) in [5, 5.41) is 3.64. The Labute approximate surface area is 133 Å². The van der Waals surface area contributed by atoms with Crippen LogP contribution in [0.5, 0.6) is 0 Å². The van der Waals surface area contributed by atoms with E-state index in [0.29, 0.717) is 24.4 Å². The maximum atomic E-state index is 12.6. The molecule has 0 aromatic carbocycles. The number of carbonyl (C=O) groups excluding carboxylic acids is 1. The smallest absolute Gasteiger partial charge is 0.274 e. The zero-order valence-corrected chi connectivity index (χ0v) is 13.2. The molecular weight excluding hydrogens is 298 g/mol. The maximum Gasteiger partial charge on any atom is 0.274 e. The SMILES string of the molecule is O=C(Nc1nc2c(s1)COCC2)c1cccn1C1CCCC1. The zero-order chi connectivity index (χ0) is 14.9. The van der Waals surface area contributed by atoms with Gasteiger partial charge in [-0.15, -0.1) is 0 Å². The average molecular weight is 317 g/mol. The van der Waals surface area contributed by atoms with Gasteiger partial charge in [-0.1, -0.05) is 24.2 Å². The van der Waals surface area contributed by atoms with E-state index in [1.807, 2.05) is 18.3 Å². The van der Waals surface area contributed by atoms with Gasteiger partial charge in [-0.2, -0.15) is 0 Å². The highest BCUT2D eigenvalue weighted by Gasteiger charge is 2.22. The summed E-state index contributed by atoms with van der Waals surface area (Å²) in [6.07, 6.45) is 7.69. The second kappa shape index (κ2) is 5.85. The molecule has 3 heterocycles. The van der Waals surface area contributed by atoms with Crippen molar-refractivity contribution in [2.45, 2.75) is 44.8 Å². The van der Waals surface area contributed by atoms with Crippen LogP contribution in [0.2, 0.25) is 0 Å². The molecule has 0 bridgehead atoms. The van der Waals surface area contributed by atoms with Crippen molar-refractivity contribution in [3.8, 4) is 0 Å². The molecule has 1 N–H and O–H groups in total. The first-order chi connectivity index (χ1) is 10.8. The molecule has 1 amide bonds. The summed E-state index contributed by atoms with van der Waals surface area (Å²) in [6, 6.07) is 4.31. The molecule has 0 radical (unpaired) electrons. The van der Waals surface area contributed by atoms with Gasteiger partial charge >= 0.3 is 0 Å². The third kappa shape index (κ3) is 2.57. The molecule has 2 aromatic heterocycles. The zero-order valence-electron chi connectivity index (χ0n) is 12.4. The van der Waals surface area contributed by atoms with Gasteiger partial charge in [0.05, 0.1) is 23.8 Å². The van der Waals surface area contributed by atoms with E-state index in [1.54, 1.807) is 0 Å². The van der Waals surface area contributed by atoms with Gasteiger partial charge in [0.15, 0.2) is 5.13 Å². The number of nitrogens with zero attached hydrogens (tertiary/aromatic N) is 2. The van der Waals surface area contributed by atoms with Crippen molar-refractivity contribution in [3.63, 3.8) is 0 Å². The minimum Gasteiger partial charge on any atom is -0.375 e. The lowest BCUT2D eigenvalue weighted by molar-refractivity contribution is 0.101. The molecule has 5 nitrogen and oxygen atoms in total. The van der Waals surface area contributed by atoms with Gasteiger partial charge in [0.25, 0.3) is 5.91 Å². The number of hydrogen-bond donors (Lipinski definition) is 1. The molecule has 0 saturated heterocycles. The monoisotopic (exact) mass is 317 g/mol. The van der Waals surface area contributed by atoms with Gasteiger partial charge in [-0.3, -0.25) is 10.1 Å². The third-order valence-corrected chi connectivity index (χ3v) is 5.43. The predicted molar refractivity (Wildman–Crippen MR) is 85.4 cm³/mol. The van der Waals surface area contributed by atoms with Crippen molar-refractivity contribution < 1.29 is 9.53 Å². The largest absolute Gasteiger partial charge is 0.375 e. The second-order valence-corrected chi connectivity index (χ2v) is 6.97. The number of aromatic nitrogens is 2. The molecule has 22 heavy (non-hydrogen) atoms.